The van der Waals surface area contributed by atoms with Crippen LogP contribution in [0.1, 0.15) is 131 Å². The molecule has 4 nitrogen and oxygen atoms in total. The average molecular weight is 455 g/mol. The van der Waals surface area contributed by atoms with Gasteiger partial charge in [0.25, 0.3) is 0 Å². The van der Waals surface area contributed by atoms with Crippen molar-refractivity contribution in [3.63, 3.8) is 0 Å². The highest BCUT2D eigenvalue weighted by Gasteiger charge is 2.18. The maximum atomic E-state index is 12.1. The minimum absolute atomic E-state index is 0.0202. The van der Waals surface area contributed by atoms with Crippen molar-refractivity contribution < 1.29 is 19.1 Å². The largest absolute Gasteiger partial charge is 0.466 e. The fraction of sp³-hybridized carbons (Fsp3) is 0.929. The Kier molecular flexibility index (Phi) is 19.9. The highest BCUT2D eigenvalue weighted by Crippen LogP contribution is 2.23. The summed E-state index contributed by atoms with van der Waals surface area (Å²) in [6.07, 6.45) is 15.1. The third kappa shape index (κ3) is 20.8. The van der Waals surface area contributed by atoms with Crippen molar-refractivity contribution in [3.8, 4) is 0 Å². The Labute approximate surface area is 199 Å². The smallest absolute Gasteiger partial charge is 0.306 e. The first kappa shape index (κ1) is 30.9. The quantitative estimate of drug-likeness (QED) is 0.130. The Hall–Kier alpha value is -1.06. The number of carbonyl (C=O) groups is 2. The number of esters is 2. The zero-order chi connectivity index (χ0) is 24.2. The number of hydrogen-bond donors (Lipinski definition) is 0. The van der Waals surface area contributed by atoms with E-state index < -0.39 is 0 Å². The highest BCUT2D eigenvalue weighted by atomic mass is 16.5. The van der Waals surface area contributed by atoms with E-state index in [2.05, 4.69) is 41.5 Å². The molecule has 0 spiro atoms. The van der Waals surface area contributed by atoms with Crippen molar-refractivity contribution in [1.82, 2.24) is 0 Å². The average Bonchev–Trinajstić information content (AvgIpc) is 2.70. The van der Waals surface area contributed by atoms with Gasteiger partial charge in [-0.3, -0.25) is 9.59 Å². The molecule has 0 heterocycles. The fourth-order valence-electron chi connectivity index (χ4n) is 3.75. The van der Waals surface area contributed by atoms with Crippen molar-refractivity contribution in [3.05, 3.63) is 0 Å². The standard InChI is InChI=1S/C28H54O4/c1-23(2)18-20-31-27(29)17-15-13-11-9-7-8-10-12-14-16-26(25(5)6)22-28(30)32-21-19-24(3)4/h23-26H,7-22H2,1-6H3. The van der Waals surface area contributed by atoms with Crippen LogP contribution in [-0.4, -0.2) is 25.2 Å². The molecule has 4 heteroatoms. The molecule has 1 atom stereocenters. The third-order valence-electron chi connectivity index (χ3n) is 6.24. The van der Waals surface area contributed by atoms with E-state index in [9.17, 15) is 9.59 Å². The minimum atomic E-state index is -0.0332. The second-order valence-electron chi connectivity index (χ2n) is 10.7. The Morgan fingerprint density at radius 3 is 1.47 bits per heavy atom. The first-order valence-electron chi connectivity index (χ1n) is 13.5. The molecule has 0 aromatic carbocycles. The summed E-state index contributed by atoms with van der Waals surface area (Å²) in [7, 11) is 0. The lowest BCUT2D eigenvalue weighted by Crippen LogP contribution is -2.17. The first-order chi connectivity index (χ1) is 15.2. The molecule has 0 amide bonds. The second kappa shape index (κ2) is 20.5. The van der Waals surface area contributed by atoms with Crippen LogP contribution in [0.4, 0.5) is 0 Å². The molecule has 0 aromatic heterocycles. The van der Waals surface area contributed by atoms with E-state index >= 15 is 0 Å². The summed E-state index contributed by atoms with van der Waals surface area (Å²) in [6, 6.07) is 0. The van der Waals surface area contributed by atoms with Gasteiger partial charge in [-0.25, -0.2) is 0 Å². The molecule has 190 valence electrons. The Balaban J connectivity index is 3.60. The molecular formula is C28H54O4. The summed E-state index contributed by atoms with van der Waals surface area (Å²) in [5.74, 6) is 2.08. The van der Waals surface area contributed by atoms with Gasteiger partial charge in [-0.1, -0.05) is 92.9 Å². The monoisotopic (exact) mass is 454 g/mol. The number of unbranched alkanes of at least 4 members (excludes halogenated alkanes) is 8. The SMILES string of the molecule is CC(C)CCOC(=O)CCCCCCCCCCCC(CC(=O)OCCC(C)C)C(C)C. The predicted octanol–water partition coefficient (Wildman–Crippen LogP) is 8.12. The number of carbonyl (C=O) groups excluding carboxylic acids is 2. The molecule has 0 aliphatic rings. The van der Waals surface area contributed by atoms with Gasteiger partial charge in [0.05, 0.1) is 13.2 Å². The summed E-state index contributed by atoms with van der Waals surface area (Å²) in [5.41, 5.74) is 0. The highest BCUT2D eigenvalue weighted by molar-refractivity contribution is 5.69. The van der Waals surface area contributed by atoms with Crippen molar-refractivity contribution in [2.45, 2.75) is 131 Å². The molecule has 0 radical (unpaired) electrons. The number of rotatable bonds is 21. The van der Waals surface area contributed by atoms with Gasteiger partial charge in [0.15, 0.2) is 0 Å². The first-order valence-corrected chi connectivity index (χ1v) is 13.5. The molecule has 32 heavy (non-hydrogen) atoms. The number of hydrogen-bond acceptors (Lipinski definition) is 4. The van der Waals surface area contributed by atoms with Crippen LogP contribution in [0.25, 0.3) is 0 Å². The van der Waals surface area contributed by atoms with E-state index in [1.54, 1.807) is 0 Å². The van der Waals surface area contributed by atoms with Crippen LogP contribution >= 0.6 is 0 Å². The van der Waals surface area contributed by atoms with Crippen LogP contribution in [0, 0.1) is 23.7 Å². The molecule has 0 rings (SSSR count). The van der Waals surface area contributed by atoms with Gasteiger partial charge in [0.1, 0.15) is 0 Å². The van der Waals surface area contributed by atoms with Gasteiger partial charge in [-0.2, -0.15) is 0 Å². The van der Waals surface area contributed by atoms with E-state index in [-0.39, 0.29) is 11.9 Å². The Bertz CT molecular complexity index is 456. The normalized spacial score (nSPS) is 12.5. The predicted molar refractivity (Wildman–Crippen MR) is 135 cm³/mol. The van der Waals surface area contributed by atoms with Crippen LogP contribution < -0.4 is 0 Å². The second-order valence-corrected chi connectivity index (χ2v) is 10.7. The number of ether oxygens (including phenoxy) is 2. The van der Waals surface area contributed by atoms with E-state index in [0.717, 1.165) is 32.1 Å². The summed E-state index contributed by atoms with van der Waals surface area (Å²) >= 11 is 0. The van der Waals surface area contributed by atoms with E-state index in [1.807, 2.05) is 0 Å². The summed E-state index contributed by atoms with van der Waals surface area (Å²) < 4.78 is 10.7. The van der Waals surface area contributed by atoms with Gasteiger partial charge in [0, 0.05) is 12.8 Å². The van der Waals surface area contributed by atoms with Crippen molar-refractivity contribution in [2.24, 2.45) is 23.7 Å². The molecule has 0 aliphatic carbocycles. The lowest BCUT2D eigenvalue weighted by molar-refractivity contribution is -0.146. The van der Waals surface area contributed by atoms with Crippen LogP contribution in [0.5, 0.6) is 0 Å². The van der Waals surface area contributed by atoms with E-state index in [4.69, 9.17) is 9.47 Å². The molecule has 0 fully saturated rings. The van der Waals surface area contributed by atoms with Gasteiger partial charge in [-0.15, -0.1) is 0 Å². The Morgan fingerprint density at radius 2 is 1.00 bits per heavy atom. The fourth-order valence-corrected chi connectivity index (χ4v) is 3.75. The lowest BCUT2D eigenvalue weighted by atomic mass is 9.87. The zero-order valence-corrected chi connectivity index (χ0v) is 22.3. The van der Waals surface area contributed by atoms with Crippen LogP contribution in [0.2, 0.25) is 0 Å². The minimum Gasteiger partial charge on any atom is -0.466 e. The lowest BCUT2D eigenvalue weighted by Gasteiger charge is -2.20. The Morgan fingerprint density at radius 1 is 0.562 bits per heavy atom. The van der Waals surface area contributed by atoms with Crippen molar-refractivity contribution >= 4 is 11.9 Å². The van der Waals surface area contributed by atoms with Crippen molar-refractivity contribution in [2.75, 3.05) is 13.2 Å². The van der Waals surface area contributed by atoms with E-state index in [1.165, 1.54) is 44.9 Å². The molecule has 0 N–H and O–H groups in total. The molecule has 0 aliphatic heterocycles. The molecular weight excluding hydrogens is 400 g/mol. The summed E-state index contributed by atoms with van der Waals surface area (Å²) in [4.78, 5) is 23.7. The van der Waals surface area contributed by atoms with Crippen LogP contribution in [-0.2, 0) is 19.1 Å². The van der Waals surface area contributed by atoms with Gasteiger partial charge in [0.2, 0.25) is 0 Å². The molecule has 1 unspecified atom stereocenters. The zero-order valence-electron chi connectivity index (χ0n) is 22.3. The molecule has 0 saturated carbocycles. The van der Waals surface area contributed by atoms with Gasteiger partial charge < -0.3 is 9.47 Å². The molecule has 0 saturated heterocycles. The van der Waals surface area contributed by atoms with Crippen LogP contribution in [0.3, 0.4) is 0 Å². The summed E-state index contributed by atoms with van der Waals surface area (Å²) in [5, 5.41) is 0. The third-order valence-corrected chi connectivity index (χ3v) is 6.24. The maximum Gasteiger partial charge on any atom is 0.306 e. The summed E-state index contributed by atoms with van der Waals surface area (Å²) in [6.45, 7) is 14.2. The molecule has 0 aromatic rings. The molecule has 0 bridgehead atoms. The topological polar surface area (TPSA) is 52.6 Å². The van der Waals surface area contributed by atoms with Gasteiger partial charge in [-0.05, 0) is 49.4 Å². The van der Waals surface area contributed by atoms with Gasteiger partial charge >= 0.3 is 11.9 Å². The van der Waals surface area contributed by atoms with Crippen molar-refractivity contribution in [1.29, 1.82) is 0 Å². The van der Waals surface area contributed by atoms with E-state index in [0.29, 0.717) is 49.7 Å². The maximum absolute atomic E-state index is 12.1. The van der Waals surface area contributed by atoms with Crippen LogP contribution in [0.15, 0.2) is 0 Å².